The molecular formula is C16H19ClN2O3. The van der Waals surface area contributed by atoms with E-state index in [9.17, 15) is 9.59 Å². The van der Waals surface area contributed by atoms with Gasteiger partial charge < -0.3 is 10.1 Å². The van der Waals surface area contributed by atoms with Gasteiger partial charge in [-0.25, -0.2) is 9.59 Å². The average molecular weight is 323 g/mol. The predicted octanol–water partition coefficient (Wildman–Crippen LogP) is 3.26. The van der Waals surface area contributed by atoms with Crippen LogP contribution in [-0.2, 0) is 9.53 Å². The Hall–Kier alpha value is -2.01. The van der Waals surface area contributed by atoms with Gasteiger partial charge in [-0.05, 0) is 38.5 Å². The zero-order valence-corrected chi connectivity index (χ0v) is 13.6. The first-order chi connectivity index (χ1) is 10.5. The minimum absolute atomic E-state index is 0.229. The molecule has 0 aromatic heterocycles. The molecule has 0 saturated carbocycles. The quantitative estimate of drug-likeness (QED) is 0.866. The van der Waals surface area contributed by atoms with Crippen LogP contribution < -0.4 is 5.32 Å². The maximum absolute atomic E-state index is 12.3. The first kappa shape index (κ1) is 16.4. The second-order valence-corrected chi connectivity index (χ2v) is 5.33. The minimum atomic E-state index is -0.536. The Bertz CT molecular complexity index is 610. The third kappa shape index (κ3) is 3.09. The van der Waals surface area contributed by atoms with E-state index < -0.39 is 12.0 Å². The van der Waals surface area contributed by atoms with Crippen molar-refractivity contribution >= 4 is 23.6 Å². The van der Waals surface area contributed by atoms with Gasteiger partial charge in [-0.3, -0.25) is 4.90 Å². The summed E-state index contributed by atoms with van der Waals surface area (Å²) in [5.74, 6) is -0.418. The van der Waals surface area contributed by atoms with E-state index in [4.69, 9.17) is 16.3 Å². The molecule has 1 N–H and O–H groups in total. The summed E-state index contributed by atoms with van der Waals surface area (Å²) in [5.41, 5.74) is 1.85. The molecule has 118 valence electrons. The molecule has 1 aromatic rings. The van der Waals surface area contributed by atoms with Gasteiger partial charge in [-0.2, -0.15) is 0 Å². The number of carbonyl (C=O) groups is 2. The van der Waals surface area contributed by atoms with Gasteiger partial charge in [0.25, 0.3) is 0 Å². The summed E-state index contributed by atoms with van der Waals surface area (Å²) in [5, 5.41) is 3.45. The van der Waals surface area contributed by atoms with Crippen molar-refractivity contribution in [2.75, 3.05) is 13.2 Å². The van der Waals surface area contributed by atoms with E-state index >= 15 is 0 Å². The van der Waals surface area contributed by atoms with Crippen molar-refractivity contribution < 1.29 is 14.3 Å². The lowest BCUT2D eigenvalue weighted by Crippen LogP contribution is -2.47. The molecular weight excluding hydrogens is 304 g/mol. The number of halogens is 1. The molecule has 1 atom stereocenters. The molecule has 1 heterocycles. The van der Waals surface area contributed by atoms with Crippen LogP contribution >= 0.6 is 11.6 Å². The Balaban J connectivity index is 2.50. The number of benzene rings is 1. The largest absolute Gasteiger partial charge is 0.463 e. The van der Waals surface area contributed by atoms with Crippen molar-refractivity contribution in [3.8, 4) is 0 Å². The summed E-state index contributed by atoms with van der Waals surface area (Å²) in [7, 11) is 0. The Morgan fingerprint density at radius 1 is 1.32 bits per heavy atom. The lowest BCUT2D eigenvalue weighted by molar-refractivity contribution is -0.139. The molecule has 6 heteroatoms. The van der Waals surface area contributed by atoms with Gasteiger partial charge in [-0.15, -0.1) is 0 Å². The molecule has 2 rings (SSSR count). The van der Waals surface area contributed by atoms with Crippen molar-refractivity contribution in [3.63, 3.8) is 0 Å². The van der Waals surface area contributed by atoms with Crippen molar-refractivity contribution in [2.45, 2.75) is 26.8 Å². The number of esters is 1. The van der Waals surface area contributed by atoms with Crippen molar-refractivity contribution in [3.05, 3.63) is 46.1 Å². The maximum Gasteiger partial charge on any atom is 0.338 e. The SMILES string of the molecule is CCOC(=O)C1=C(C)N(CC)C(=O)N[C@H]1c1ccc(Cl)cc1. The fraction of sp³-hybridized carbons (Fsp3) is 0.375. The first-order valence-electron chi connectivity index (χ1n) is 7.21. The summed E-state index contributed by atoms with van der Waals surface area (Å²) in [6.07, 6.45) is 0. The zero-order chi connectivity index (χ0) is 16.3. The van der Waals surface area contributed by atoms with Gasteiger partial charge in [0.2, 0.25) is 0 Å². The van der Waals surface area contributed by atoms with Crippen LogP contribution in [0.1, 0.15) is 32.4 Å². The number of urea groups is 1. The number of rotatable bonds is 4. The number of allylic oxidation sites excluding steroid dienone is 1. The van der Waals surface area contributed by atoms with E-state index in [0.29, 0.717) is 22.8 Å². The summed E-state index contributed by atoms with van der Waals surface area (Å²) < 4.78 is 5.15. The zero-order valence-electron chi connectivity index (χ0n) is 12.9. The second-order valence-electron chi connectivity index (χ2n) is 4.90. The van der Waals surface area contributed by atoms with E-state index in [-0.39, 0.29) is 12.6 Å². The van der Waals surface area contributed by atoms with Gasteiger partial charge in [-0.1, -0.05) is 23.7 Å². The predicted molar refractivity (Wildman–Crippen MR) is 84.4 cm³/mol. The monoisotopic (exact) mass is 322 g/mol. The Labute approximate surface area is 134 Å². The number of amides is 2. The van der Waals surface area contributed by atoms with E-state index in [0.717, 1.165) is 5.56 Å². The molecule has 2 amide bonds. The molecule has 22 heavy (non-hydrogen) atoms. The highest BCUT2D eigenvalue weighted by molar-refractivity contribution is 6.30. The van der Waals surface area contributed by atoms with Gasteiger partial charge in [0.05, 0.1) is 18.2 Å². The van der Waals surface area contributed by atoms with E-state index in [1.807, 2.05) is 6.92 Å². The Morgan fingerprint density at radius 2 is 1.95 bits per heavy atom. The average Bonchev–Trinajstić information content (AvgIpc) is 2.48. The van der Waals surface area contributed by atoms with Gasteiger partial charge in [0.1, 0.15) is 0 Å². The Kier molecular flexibility index (Phi) is 5.08. The van der Waals surface area contributed by atoms with Crippen LogP contribution in [0.5, 0.6) is 0 Å². The number of nitrogens with one attached hydrogen (secondary N) is 1. The molecule has 5 nitrogen and oxygen atoms in total. The summed E-state index contributed by atoms with van der Waals surface area (Å²) in [6.45, 7) is 6.13. The molecule has 0 spiro atoms. The van der Waals surface area contributed by atoms with Crippen molar-refractivity contribution in [1.82, 2.24) is 10.2 Å². The summed E-state index contributed by atoms with van der Waals surface area (Å²) in [4.78, 5) is 26.1. The van der Waals surface area contributed by atoms with Crippen molar-refractivity contribution in [1.29, 1.82) is 0 Å². The molecule has 0 bridgehead atoms. The molecule has 0 saturated heterocycles. The third-order valence-corrected chi connectivity index (χ3v) is 3.86. The second kappa shape index (κ2) is 6.83. The lowest BCUT2D eigenvalue weighted by atomic mass is 9.95. The highest BCUT2D eigenvalue weighted by Crippen LogP contribution is 2.31. The number of nitrogens with zero attached hydrogens (tertiary/aromatic N) is 1. The normalized spacial score (nSPS) is 18.3. The van der Waals surface area contributed by atoms with Crippen LogP contribution in [0, 0.1) is 0 Å². The smallest absolute Gasteiger partial charge is 0.338 e. The van der Waals surface area contributed by atoms with Gasteiger partial charge in [0.15, 0.2) is 0 Å². The number of hydrogen-bond acceptors (Lipinski definition) is 3. The fourth-order valence-electron chi connectivity index (χ4n) is 2.54. The highest BCUT2D eigenvalue weighted by Gasteiger charge is 2.35. The molecule has 1 aliphatic heterocycles. The van der Waals surface area contributed by atoms with E-state index in [1.165, 1.54) is 4.90 Å². The van der Waals surface area contributed by atoms with Crippen LogP contribution in [0.2, 0.25) is 5.02 Å². The fourth-order valence-corrected chi connectivity index (χ4v) is 2.67. The molecule has 0 radical (unpaired) electrons. The minimum Gasteiger partial charge on any atom is -0.463 e. The number of ether oxygens (including phenoxy) is 1. The van der Waals surface area contributed by atoms with Crippen LogP contribution in [0.3, 0.4) is 0 Å². The number of hydrogen-bond donors (Lipinski definition) is 1. The molecule has 0 unspecified atom stereocenters. The van der Waals surface area contributed by atoms with E-state index in [2.05, 4.69) is 5.32 Å². The molecule has 0 aliphatic carbocycles. The number of carbonyl (C=O) groups excluding carboxylic acids is 2. The van der Waals surface area contributed by atoms with Crippen molar-refractivity contribution in [2.24, 2.45) is 0 Å². The standard InChI is InChI=1S/C16H19ClN2O3/c1-4-19-10(3)13(15(20)22-5-2)14(18-16(19)21)11-6-8-12(17)9-7-11/h6-9,14H,4-5H2,1-3H3,(H,18,21)/t14-/m0/s1. The lowest BCUT2D eigenvalue weighted by Gasteiger charge is -2.34. The summed E-state index contributed by atoms with van der Waals surface area (Å²) in [6, 6.07) is 6.28. The van der Waals surface area contributed by atoms with Crippen LogP contribution in [-0.4, -0.2) is 30.1 Å². The molecule has 1 aromatic carbocycles. The first-order valence-corrected chi connectivity index (χ1v) is 7.58. The molecule has 1 aliphatic rings. The van der Waals surface area contributed by atoms with Gasteiger partial charge >= 0.3 is 12.0 Å². The maximum atomic E-state index is 12.3. The topological polar surface area (TPSA) is 58.6 Å². The Morgan fingerprint density at radius 3 is 2.50 bits per heavy atom. The van der Waals surface area contributed by atoms with Crippen LogP contribution in [0.25, 0.3) is 0 Å². The van der Waals surface area contributed by atoms with E-state index in [1.54, 1.807) is 38.1 Å². The third-order valence-electron chi connectivity index (χ3n) is 3.61. The van der Waals surface area contributed by atoms with Gasteiger partial charge in [0, 0.05) is 17.3 Å². The highest BCUT2D eigenvalue weighted by atomic mass is 35.5. The molecule has 0 fully saturated rings. The summed E-state index contributed by atoms with van der Waals surface area (Å²) >= 11 is 5.90. The van der Waals surface area contributed by atoms with Crippen LogP contribution in [0.15, 0.2) is 35.5 Å². The van der Waals surface area contributed by atoms with Crippen LogP contribution in [0.4, 0.5) is 4.79 Å².